The predicted molar refractivity (Wildman–Crippen MR) is 215 cm³/mol. The largest absolute Gasteiger partial charge is 0.456 e. The Morgan fingerprint density at radius 3 is 1.58 bits per heavy atom. The van der Waals surface area contributed by atoms with Crippen LogP contribution in [0.15, 0.2) is 179 Å². The summed E-state index contributed by atoms with van der Waals surface area (Å²) in [5, 5.41) is 9.18. The van der Waals surface area contributed by atoms with Crippen LogP contribution in [-0.4, -0.2) is 9.13 Å². The summed E-state index contributed by atoms with van der Waals surface area (Å²) >= 11 is 0. The second kappa shape index (κ2) is 10.3. The first-order valence-electron chi connectivity index (χ1n) is 17.7. The van der Waals surface area contributed by atoms with E-state index >= 15 is 0 Å². The van der Waals surface area contributed by atoms with Crippen LogP contribution in [0.1, 0.15) is 0 Å². The van der Waals surface area contributed by atoms with Crippen LogP contribution in [0.4, 0.5) is 0 Å². The van der Waals surface area contributed by atoms with Crippen LogP contribution in [0, 0.1) is 0 Å². The van der Waals surface area contributed by atoms with Crippen molar-refractivity contribution in [3.8, 4) is 22.5 Å². The van der Waals surface area contributed by atoms with Gasteiger partial charge < -0.3 is 18.0 Å². The number of fused-ring (bicyclic) bond motifs is 13. The van der Waals surface area contributed by atoms with Crippen LogP contribution in [-0.2, 0) is 0 Å². The zero-order valence-corrected chi connectivity index (χ0v) is 27.9. The molecule has 0 N–H and O–H groups in total. The average Bonchev–Trinajstić information content (AvgIpc) is 3.95. The van der Waals surface area contributed by atoms with Crippen molar-refractivity contribution < 1.29 is 8.83 Å². The summed E-state index contributed by atoms with van der Waals surface area (Å²) in [6.45, 7) is 0. The Morgan fingerprint density at radius 1 is 0.308 bits per heavy atom. The van der Waals surface area contributed by atoms with Crippen molar-refractivity contribution in [1.82, 2.24) is 9.13 Å². The van der Waals surface area contributed by atoms with Crippen LogP contribution < -0.4 is 0 Å². The zero-order valence-electron chi connectivity index (χ0n) is 27.9. The third-order valence-electron chi connectivity index (χ3n) is 10.9. The maximum Gasteiger partial charge on any atom is 0.147 e. The number of furan rings is 2. The summed E-state index contributed by atoms with van der Waals surface area (Å²) in [6, 6.07) is 60.6. The van der Waals surface area contributed by atoms with Gasteiger partial charge in [-0.15, -0.1) is 0 Å². The summed E-state index contributed by atoms with van der Waals surface area (Å²) in [5.41, 5.74) is 12.7. The topological polar surface area (TPSA) is 36.1 Å². The van der Waals surface area contributed by atoms with Gasteiger partial charge in [-0.3, -0.25) is 0 Å². The summed E-state index contributed by atoms with van der Waals surface area (Å²) in [5.74, 6) is 0. The Morgan fingerprint density at radius 2 is 0.846 bits per heavy atom. The summed E-state index contributed by atoms with van der Waals surface area (Å²) in [7, 11) is 0. The highest BCUT2D eigenvalue weighted by Gasteiger charge is 2.19. The fourth-order valence-electron chi connectivity index (χ4n) is 8.61. The highest BCUT2D eigenvalue weighted by atomic mass is 16.3. The molecule has 12 rings (SSSR count). The van der Waals surface area contributed by atoms with E-state index in [2.05, 4.69) is 179 Å². The highest BCUT2D eigenvalue weighted by molar-refractivity contribution is 6.23. The van der Waals surface area contributed by atoms with Gasteiger partial charge in [-0.25, -0.2) is 0 Å². The summed E-state index contributed by atoms with van der Waals surface area (Å²) < 4.78 is 17.9. The molecule has 0 bridgehead atoms. The molecule has 0 spiro atoms. The zero-order chi connectivity index (χ0) is 33.9. The number of benzene rings is 8. The van der Waals surface area contributed by atoms with E-state index < -0.39 is 0 Å². The SMILES string of the molecule is c1ccc(-n2c3ccccc3c3cc(-c4ccc5oc6ccc7c8cc(-n9c%10ccccc%10c%10ccccc%109)ccc8oc7c6c5c4)ccc32)cc1. The lowest BCUT2D eigenvalue weighted by Crippen LogP contribution is -1.93. The molecular formula is C48H28N2O2. The van der Waals surface area contributed by atoms with E-state index in [0.29, 0.717) is 0 Å². The van der Waals surface area contributed by atoms with Crippen molar-refractivity contribution in [1.29, 1.82) is 0 Å². The molecule has 0 aliphatic carbocycles. The maximum absolute atomic E-state index is 6.70. The molecular weight excluding hydrogens is 637 g/mol. The van der Waals surface area contributed by atoms with Gasteiger partial charge in [-0.1, -0.05) is 84.9 Å². The summed E-state index contributed by atoms with van der Waals surface area (Å²) in [4.78, 5) is 0. The van der Waals surface area contributed by atoms with Crippen LogP contribution in [0.5, 0.6) is 0 Å². The molecule has 0 fully saturated rings. The molecule has 0 saturated carbocycles. The predicted octanol–water partition coefficient (Wildman–Crippen LogP) is 13.3. The summed E-state index contributed by atoms with van der Waals surface area (Å²) in [6.07, 6.45) is 0. The quantitative estimate of drug-likeness (QED) is 0.188. The van der Waals surface area contributed by atoms with Crippen LogP contribution in [0.25, 0.3) is 110 Å². The Labute approximate surface area is 296 Å². The number of nitrogens with zero attached hydrogens (tertiary/aromatic N) is 2. The first kappa shape index (κ1) is 27.7. The van der Waals surface area contributed by atoms with Crippen LogP contribution in [0.2, 0.25) is 0 Å². The Balaban J connectivity index is 1.05. The van der Waals surface area contributed by atoms with Gasteiger partial charge in [0.15, 0.2) is 0 Å². The van der Waals surface area contributed by atoms with Crippen molar-refractivity contribution in [2.45, 2.75) is 0 Å². The van der Waals surface area contributed by atoms with Gasteiger partial charge in [0, 0.05) is 49.1 Å². The minimum atomic E-state index is 0.822. The first-order valence-corrected chi connectivity index (χ1v) is 17.7. The van der Waals surface area contributed by atoms with Crippen molar-refractivity contribution >= 4 is 87.5 Å². The molecule has 0 atom stereocenters. The lowest BCUT2D eigenvalue weighted by Gasteiger charge is -2.08. The number of hydrogen-bond acceptors (Lipinski definition) is 2. The van der Waals surface area contributed by atoms with E-state index in [0.717, 1.165) is 66.4 Å². The molecule has 0 radical (unpaired) electrons. The fourth-order valence-corrected chi connectivity index (χ4v) is 8.61. The fraction of sp³-hybridized carbons (Fsp3) is 0. The lowest BCUT2D eigenvalue weighted by molar-refractivity contribution is 0.663. The van der Waals surface area contributed by atoms with Gasteiger partial charge in [-0.2, -0.15) is 0 Å². The standard InChI is InChI=1S/C48H28N2O2/c1-2-10-31(11-3-1)49-42-17-9-6-14-35(42)37-26-29(18-22-43(37)49)30-19-23-45-39(27-30)47-46(51-45)25-21-36-38-28-32(20-24-44(38)52-48(36)47)50-40-15-7-4-12-33(40)34-13-5-8-16-41(34)50/h1-28H. The van der Waals surface area contributed by atoms with Crippen molar-refractivity contribution in [3.05, 3.63) is 170 Å². The van der Waals surface area contributed by atoms with E-state index in [1.807, 2.05) is 0 Å². The van der Waals surface area contributed by atoms with Crippen LogP contribution in [0.3, 0.4) is 0 Å². The second-order valence-corrected chi connectivity index (χ2v) is 13.7. The Bertz CT molecular complexity index is 3360. The van der Waals surface area contributed by atoms with Crippen molar-refractivity contribution in [2.75, 3.05) is 0 Å². The highest BCUT2D eigenvalue weighted by Crippen LogP contribution is 2.42. The number of rotatable bonds is 3. The van der Waals surface area contributed by atoms with E-state index in [-0.39, 0.29) is 0 Å². The average molecular weight is 665 g/mol. The second-order valence-electron chi connectivity index (χ2n) is 13.7. The monoisotopic (exact) mass is 664 g/mol. The van der Waals surface area contributed by atoms with Crippen molar-refractivity contribution in [3.63, 3.8) is 0 Å². The molecule has 0 aliphatic rings. The maximum atomic E-state index is 6.70. The molecule has 0 unspecified atom stereocenters. The van der Waals surface area contributed by atoms with Gasteiger partial charge >= 0.3 is 0 Å². The number of aromatic nitrogens is 2. The molecule has 12 aromatic rings. The molecule has 0 amide bonds. The van der Waals surface area contributed by atoms with Gasteiger partial charge in [0.2, 0.25) is 0 Å². The Hall–Kier alpha value is -7.04. The van der Waals surface area contributed by atoms with Gasteiger partial charge in [0.05, 0.1) is 27.5 Å². The third-order valence-corrected chi connectivity index (χ3v) is 10.9. The van der Waals surface area contributed by atoms with E-state index in [9.17, 15) is 0 Å². The van der Waals surface area contributed by atoms with Gasteiger partial charge in [0.25, 0.3) is 0 Å². The molecule has 242 valence electrons. The molecule has 4 heterocycles. The molecule has 52 heavy (non-hydrogen) atoms. The van der Waals surface area contributed by atoms with Gasteiger partial charge in [0.1, 0.15) is 22.3 Å². The molecule has 0 saturated heterocycles. The lowest BCUT2D eigenvalue weighted by atomic mass is 10.00. The Kier molecular flexibility index (Phi) is 5.47. The molecule has 8 aromatic carbocycles. The van der Waals surface area contributed by atoms with E-state index in [1.165, 1.54) is 43.6 Å². The molecule has 4 nitrogen and oxygen atoms in total. The van der Waals surface area contributed by atoms with Crippen molar-refractivity contribution in [2.24, 2.45) is 0 Å². The van der Waals surface area contributed by atoms with E-state index in [4.69, 9.17) is 8.83 Å². The third kappa shape index (κ3) is 3.75. The normalized spacial score (nSPS) is 12.2. The molecule has 4 aromatic heterocycles. The number of para-hydroxylation sites is 4. The number of hydrogen-bond donors (Lipinski definition) is 0. The molecule has 0 aliphatic heterocycles. The van der Waals surface area contributed by atoms with E-state index in [1.54, 1.807) is 0 Å². The minimum absolute atomic E-state index is 0.822. The van der Waals surface area contributed by atoms with Gasteiger partial charge in [-0.05, 0) is 96.1 Å². The molecule has 4 heteroatoms. The minimum Gasteiger partial charge on any atom is -0.456 e. The first-order chi connectivity index (χ1) is 25.8. The smallest absolute Gasteiger partial charge is 0.147 e. The van der Waals surface area contributed by atoms with Crippen LogP contribution >= 0.6 is 0 Å².